The molecule has 1 unspecified atom stereocenters. The molecule has 0 fully saturated rings. The van der Waals surface area contributed by atoms with Crippen LogP contribution in [0.5, 0.6) is 11.5 Å². The van der Waals surface area contributed by atoms with Crippen molar-refractivity contribution in [3.8, 4) is 11.5 Å². The average Bonchev–Trinajstić information content (AvgIpc) is 2.38. The molecule has 96 valence electrons. The molecule has 0 radical (unpaired) electrons. The van der Waals surface area contributed by atoms with E-state index in [2.05, 4.69) is 25.2 Å². The maximum absolute atomic E-state index is 5.30. The minimum absolute atomic E-state index is 0.335. The zero-order chi connectivity index (χ0) is 12.7. The number of ether oxygens (including phenoxy) is 2. The van der Waals surface area contributed by atoms with Gasteiger partial charge >= 0.3 is 0 Å². The predicted octanol–water partition coefficient (Wildman–Crippen LogP) is 3.15. The lowest BCUT2D eigenvalue weighted by molar-refractivity contribution is 0.354. The maximum atomic E-state index is 5.30. The molecule has 0 aliphatic rings. The first-order valence-corrected chi connectivity index (χ1v) is 6.18. The first-order chi connectivity index (χ1) is 8.22. The van der Waals surface area contributed by atoms with Crippen LogP contribution in [0, 0.1) is 0 Å². The Balaban J connectivity index is 2.70. The van der Waals surface area contributed by atoms with Crippen molar-refractivity contribution in [3.05, 3.63) is 23.8 Å². The fourth-order valence-electron chi connectivity index (χ4n) is 1.74. The lowest BCUT2D eigenvalue weighted by atomic mass is 10.1. The third-order valence-corrected chi connectivity index (χ3v) is 2.89. The summed E-state index contributed by atoms with van der Waals surface area (Å²) in [5, 5.41) is 3.49. The van der Waals surface area contributed by atoms with Gasteiger partial charge in [0.25, 0.3) is 0 Å². The summed E-state index contributed by atoms with van der Waals surface area (Å²) in [6.07, 6.45) is 2.42. The van der Waals surface area contributed by atoms with Crippen LogP contribution in [0.2, 0.25) is 0 Å². The first kappa shape index (κ1) is 13.8. The molecule has 0 saturated carbocycles. The molecule has 3 heteroatoms. The van der Waals surface area contributed by atoms with Crippen LogP contribution >= 0.6 is 0 Å². The van der Waals surface area contributed by atoms with E-state index in [4.69, 9.17) is 9.47 Å². The van der Waals surface area contributed by atoms with E-state index in [1.165, 1.54) is 18.4 Å². The number of unbranched alkanes of at least 4 members (excludes halogenated alkanes) is 1. The number of rotatable bonds is 7. The normalized spacial score (nSPS) is 12.2. The molecule has 1 atom stereocenters. The van der Waals surface area contributed by atoms with Crippen molar-refractivity contribution in [2.75, 3.05) is 20.8 Å². The van der Waals surface area contributed by atoms with Gasteiger partial charge < -0.3 is 14.8 Å². The molecule has 1 N–H and O–H groups in total. The van der Waals surface area contributed by atoms with Gasteiger partial charge in [0.15, 0.2) is 11.5 Å². The molecule has 0 aromatic heterocycles. The molecular weight excluding hydrogens is 214 g/mol. The molecule has 0 heterocycles. The lowest BCUT2D eigenvalue weighted by Gasteiger charge is -2.16. The lowest BCUT2D eigenvalue weighted by Crippen LogP contribution is -2.19. The fraction of sp³-hybridized carbons (Fsp3) is 0.571. The van der Waals surface area contributed by atoms with E-state index in [0.29, 0.717) is 6.04 Å². The van der Waals surface area contributed by atoms with Crippen molar-refractivity contribution < 1.29 is 9.47 Å². The fourth-order valence-corrected chi connectivity index (χ4v) is 1.74. The average molecular weight is 237 g/mol. The molecule has 1 aromatic carbocycles. The summed E-state index contributed by atoms with van der Waals surface area (Å²) >= 11 is 0. The summed E-state index contributed by atoms with van der Waals surface area (Å²) in [5.74, 6) is 1.56. The van der Waals surface area contributed by atoms with Crippen molar-refractivity contribution in [2.24, 2.45) is 0 Å². The number of nitrogens with one attached hydrogen (secondary N) is 1. The van der Waals surface area contributed by atoms with Gasteiger partial charge in [-0.05, 0) is 37.6 Å². The van der Waals surface area contributed by atoms with Crippen LogP contribution in [-0.4, -0.2) is 20.8 Å². The Morgan fingerprint density at radius 2 is 1.88 bits per heavy atom. The largest absolute Gasteiger partial charge is 0.493 e. The Morgan fingerprint density at radius 3 is 2.47 bits per heavy atom. The van der Waals surface area contributed by atoms with E-state index in [0.717, 1.165) is 18.0 Å². The second kappa shape index (κ2) is 7.17. The zero-order valence-electron chi connectivity index (χ0n) is 11.2. The smallest absolute Gasteiger partial charge is 0.161 e. The Labute approximate surface area is 104 Å². The number of hydrogen-bond donors (Lipinski definition) is 1. The maximum Gasteiger partial charge on any atom is 0.161 e. The third kappa shape index (κ3) is 3.93. The van der Waals surface area contributed by atoms with Crippen LogP contribution in [0.3, 0.4) is 0 Å². The van der Waals surface area contributed by atoms with Crippen LogP contribution < -0.4 is 14.8 Å². The summed E-state index contributed by atoms with van der Waals surface area (Å²) < 4.78 is 10.5. The molecule has 0 aliphatic carbocycles. The summed E-state index contributed by atoms with van der Waals surface area (Å²) in [7, 11) is 3.32. The molecule has 0 spiro atoms. The molecular formula is C14H23NO2. The van der Waals surface area contributed by atoms with Gasteiger partial charge in [0, 0.05) is 6.04 Å². The Morgan fingerprint density at radius 1 is 1.18 bits per heavy atom. The standard InChI is InChI=1S/C14H23NO2/c1-5-6-9-15-11(2)12-7-8-13(16-3)14(10-12)17-4/h7-8,10-11,15H,5-6,9H2,1-4H3. The molecule has 0 bridgehead atoms. The van der Waals surface area contributed by atoms with Crippen molar-refractivity contribution >= 4 is 0 Å². The number of hydrogen-bond acceptors (Lipinski definition) is 3. The molecule has 0 aliphatic heterocycles. The minimum atomic E-state index is 0.335. The molecule has 1 aromatic rings. The second-order valence-electron chi connectivity index (χ2n) is 4.14. The van der Waals surface area contributed by atoms with Gasteiger partial charge in [-0.1, -0.05) is 19.4 Å². The molecule has 0 amide bonds. The van der Waals surface area contributed by atoms with Crippen molar-refractivity contribution in [2.45, 2.75) is 32.7 Å². The summed E-state index contributed by atoms with van der Waals surface area (Å²) in [6.45, 7) is 5.41. The van der Waals surface area contributed by atoms with Crippen LogP contribution in [0.4, 0.5) is 0 Å². The van der Waals surface area contributed by atoms with Crippen LogP contribution in [0.25, 0.3) is 0 Å². The first-order valence-electron chi connectivity index (χ1n) is 6.18. The Hall–Kier alpha value is -1.22. The summed E-state index contributed by atoms with van der Waals surface area (Å²) in [4.78, 5) is 0. The summed E-state index contributed by atoms with van der Waals surface area (Å²) in [5.41, 5.74) is 1.22. The van der Waals surface area contributed by atoms with Crippen molar-refractivity contribution in [3.63, 3.8) is 0 Å². The highest BCUT2D eigenvalue weighted by molar-refractivity contribution is 5.43. The van der Waals surface area contributed by atoms with Crippen LogP contribution in [0.1, 0.15) is 38.3 Å². The van der Waals surface area contributed by atoms with Gasteiger partial charge in [0.05, 0.1) is 14.2 Å². The van der Waals surface area contributed by atoms with E-state index in [9.17, 15) is 0 Å². The highest BCUT2D eigenvalue weighted by atomic mass is 16.5. The van der Waals surface area contributed by atoms with Crippen molar-refractivity contribution in [1.82, 2.24) is 5.32 Å². The van der Waals surface area contributed by atoms with Crippen LogP contribution in [0.15, 0.2) is 18.2 Å². The van der Waals surface area contributed by atoms with Gasteiger partial charge in [-0.3, -0.25) is 0 Å². The summed E-state index contributed by atoms with van der Waals surface area (Å²) in [6, 6.07) is 6.39. The quantitative estimate of drug-likeness (QED) is 0.739. The molecule has 17 heavy (non-hydrogen) atoms. The van der Waals surface area contributed by atoms with E-state index < -0.39 is 0 Å². The van der Waals surface area contributed by atoms with Crippen LogP contribution in [-0.2, 0) is 0 Å². The number of benzene rings is 1. The third-order valence-electron chi connectivity index (χ3n) is 2.89. The van der Waals surface area contributed by atoms with E-state index in [1.807, 2.05) is 12.1 Å². The Kier molecular flexibility index (Phi) is 5.84. The van der Waals surface area contributed by atoms with E-state index in [1.54, 1.807) is 14.2 Å². The van der Waals surface area contributed by atoms with Gasteiger partial charge in [0.1, 0.15) is 0 Å². The van der Waals surface area contributed by atoms with Crippen molar-refractivity contribution in [1.29, 1.82) is 0 Å². The topological polar surface area (TPSA) is 30.5 Å². The van der Waals surface area contributed by atoms with Gasteiger partial charge in [-0.2, -0.15) is 0 Å². The van der Waals surface area contributed by atoms with Gasteiger partial charge in [-0.15, -0.1) is 0 Å². The van der Waals surface area contributed by atoms with Gasteiger partial charge in [-0.25, -0.2) is 0 Å². The second-order valence-corrected chi connectivity index (χ2v) is 4.14. The van der Waals surface area contributed by atoms with E-state index >= 15 is 0 Å². The predicted molar refractivity (Wildman–Crippen MR) is 70.9 cm³/mol. The highest BCUT2D eigenvalue weighted by Gasteiger charge is 2.09. The SMILES string of the molecule is CCCCNC(C)c1ccc(OC)c(OC)c1. The minimum Gasteiger partial charge on any atom is -0.493 e. The molecule has 0 saturated heterocycles. The zero-order valence-corrected chi connectivity index (χ0v) is 11.2. The molecule has 3 nitrogen and oxygen atoms in total. The van der Waals surface area contributed by atoms with E-state index in [-0.39, 0.29) is 0 Å². The number of methoxy groups -OCH3 is 2. The highest BCUT2D eigenvalue weighted by Crippen LogP contribution is 2.29. The Bertz CT molecular complexity index is 339. The monoisotopic (exact) mass is 237 g/mol. The van der Waals surface area contributed by atoms with Gasteiger partial charge in [0.2, 0.25) is 0 Å². The molecule has 1 rings (SSSR count).